The van der Waals surface area contributed by atoms with Gasteiger partial charge in [0.1, 0.15) is 0 Å². The van der Waals surface area contributed by atoms with E-state index >= 15 is 0 Å². The largest absolute Gasteiger partial charge is 0.490 e. The number of amides is 1. The van der Waals surface area contributed by atoms with E-state index in [9.17, 15) is 4.79 Å². The lowest BCUT2D eigenvalue weighted by molar-refractivity contribution is 0.102. The minimum absolute atomic E-state index is 0.239. The van der Waals surface area contributed by atoms with Gasteiger partial charge in [-0.05, 0) is 31.2 Å². The van der Waals surface area contributed by atoms with Gasteiger partial charge >= 0.3 is 0 Å². The van der Waals surface area contributed by atoms with Crippen molar-refractivity contribution in [3.63, 3.8) is 0 Å². The Morgan fingerprint density at radius 2 is 2.06 bits per heavy atom. The number of carbonyl (C=O) groups is 1. The number of hydrogen-bond acceptors (Lipinski definition) is 4. The predicted octanol–water partition coefficient (Wildman–Crippen LogP) is 2.13. The molecule has 18 heavy (non-hydrogen) atoms. The molecule has 2 aromatic rings. The Morgan fingerprint density at radius 1 is 1.28 bits per heavy atom. The third-order valence-electron chi connectivity index (χ3n) is 2.24. The van der Waals surface area contributed by atoms with Crippen molar-refractivity contribution < 1.29 is 9.53 Å². The van der Waals surface area contributed by atoms with Gasteiger partial charge in [-0.1, -0.05) is 0 Å². The van der Waals surface area contributed by atoms with E-state index in [-0.39, 0.29) is 5.91 Å². The van der Waals surface area contributed by atoms with E-state index in [1.54, 1.807) is 42.9 Å². The highest BCUT2D eigenvalue weighted by Crippen LogP contribution is 2.21. The van der Waals surface area contributed by atoms with E-state index in [1.165, 1.54) is 0 Å². The molecule has 1 N–H and O–H groups in total. The summed E-state index contributed by atoms with van der Waals surface area (Å²) in [6, 6.07) is 6.79. The zero-order valence-electron chi connectivity index (χ0n) is 9.96. The summed E-state index contributed by atoms with van der Waals surface area (Å²) < 4.78 is 5.38. The molecule has 0 unspecified atom stereocenters. The Balaban J connectivity index is 2.17. The van der Waals surface area contributed by atoms with Crippen LogP contribution in [-0.2, 0) is 0 Å². The lowest BCUT2D eigenvalue weighted by Gasteiger charge is -2.09. The third-order valence-corrected chi connectivity index (χ3v) is 2.24. The van der Waals surface area contributed by atoms with Gasteiger partial charge < -0.3 is 10.1 Å². The molecule has 0 atom stereocenters. The SMILES string of the molecule is CCOc1cccnc1NC(=O)c1ccncc1. The van der Waals surface area contributed by atoms with Crippen LogP contribution in [0.4, 0.5) is 5.82 Å². The van der Waals surface area contributed by atoms with Gasteiger partial charge in [0.2, 0.25) is 0 Å². The molecule has 0 aliphatic carbocycles. The van der Waals surface area contributed by atoms with Gasteiger partial charge in [0.05, 0.1) is 6.61 Å². The number of aromatic nitrogens is 2. The smallest absolute Gasteiger partial charge is 0.257 e. The number of rotatable bonds is 4. The quantitative estimate of drug-likeness (QED) is 0.893. The Labute approximate surface area is 105 Å². The number of anilines is 1. The predicted molar refractivity (Wildman–Crippen MR) is 67.6 cm³/mol. The Hall–Kier alpha value is -2.43. The van der Waals surface area contributed by atoms with Gasteiger partial charge in [-0.25, -0.2) is 4.98 Å². The minimum Gasteiger partial charge on any atom is -0.490 e. The van der Waals surface area contributed by atoms with Crippen LogP contribution < -0.4 is 10.1 Å². The summed E-state index contributed by atoms with van der Waals surface area (Å²) in [7, 11) is 0. The fourth-order valence-corrected chi connectivity index (χ4v) is 1.44. The molecule has 2 heterocycles. The van der Waals surface area contributed by atoms with Crippen molar-refractivity contribution in [2.45, 2.75) is 6.92 Å². The zero-order valence-corrected chi connectivity index (χ0v) is 9.96. The van der Waals surface area contributed by atoms with Crippen molar-refractivity contribution in [1.82, 2.24) is 9.97 Å². The number of hydrogen-bond donors (Lipinski definition) is 1. The summed E-state index contributed by atoms with van der Waals surface area (Å²) in [5, 5.41) is 2.71. The van der Waals surface area contributed by atoms with Crippen molar-refractivity contribution in [3.05, 3.63) is 48.4 Å². The topological polar surface area (TPSA) is 64.1 Å². The maximum atomic E-state index is 11.9. The lowest BCUT2D eigenvalue weighted by atomic mass is 10.2. The average molecular weight is 243 g/mol. The first-order valence-corrected chi connectivity index (χ1v) is 5.60. The summed E-state index contributed by atoms with van der Waals surface area (Å²) in [4.78, 5) is 19.9. The highest BCUT2D eigenvalue weighted by Gasteiger charge is 2.10. The van der Waals surface area contributed by atoms with Crippen molar-refractivity contribution >= 4 is 11.7 Å². The van der Waals surface area contributed by atoms with Crippen LogP contribution in [0.1, 0.15) is 17.3 Å². The van der Waals surface area contributed by atoms with Crippen LogP contribution in [0.2, 0.25) is 0 Å². The Bertz CT molecular complexity index is 529. The van der Waals surface area contributed by atoms with E-state index in [0.29, 0.717) is 23.7 Å². The molecule has 2 rings (SSSR count). The standard InChI is InChI=1S/C13H13N3O2/c1-2-18-11-4-3-7-15-12(11)16-13(17)10-5-8-14-9-6-10/h3-9H,2H2,1H3,(H,15,16,17). The molecule has 0 aromatic carbocycles. The number of nitrogens with zero attached hydrogens (tertiary/aromatic N) is 2. The molecule has 92 valence electrons. The first kappa shape index (κ1) is 12.0. The monoisotopic (exact) mass is 243 g/mol. The summed E-state index contributed by atoms with van der Waals surface area (Å²) in [5.74, 6) is 0.737. The summed E-state index contributed by atoms with van der Waals surface area (Å²) in [6.07, 6.45) is 4.73. The maximum absolute atomic E-state index is 11.9. The van der Waals surface area contributed by atoms with Crippen molar-refractivity contribution in [3.8, 4) is 5.75 Å². The second-order valence-corrected chi connectivity index (χ2v) is 3.47. The Morgan fingerprint density at radius 3 is 2.78 bits per heavy atom. The zero-order chi connectivity index (χ0) is 12.8. The molecule has 0 bridgehead atoms. The normalized spacial score (nSPS) is 9.83. The molecule has 2 aromatic heterocycles. The van der Waals surface area contributed by atoms with Gasteiger partial charge in [0, 0.05) is 24.2 Å². The Kier molecular flexibility index (Phi) is 3.86. The second kappa shape index (κ2) is 5.77. The molecular formula is C13H13N3O2. The molecular weight excluding hydrogens is 230 g/mol. The van der Waals surface area contributed by atoms with Crippen LogP contribution in [0.25, 0.3) is 0 Å². The highest BCUT2D eigenvalue weighted by molar-refractivity contribution is 6.04. The minimum atomic E-state index is -0.239. The number of ether oxygens (including phenoxy) is 1. The highest BCUT2D eigenvalue weighted by atomic mass is 16.5. The van der Waals surface area contributed by atoms with E-state index < -0.39 is 0 Å². The molecule has 5 nitrogen and oxygen atoms in total. The summed E-state index contributed by atoms with van der Waals surface area (Å²) in [5.41, 5.74) is 0.526. The van der Waals surface area contributed by atoms with Crippen LogP contribution in [0.5, 0.6) is 5.75 Å². The van der Waals surface area contributed by atoms with Crippen molar-refractivity contribution in [1.29, 1.82) is 0 Å². The van der Waals surface area contributed by atoms with E-state index in [0.717, 1.165) is 0 Å². The number of nitrogens with one attached hydrogen (secondary N) is 1. The third kappa shape index (κ3) is 2.82. The van der Waals surface area contributed by atoms with E-state index in [4.69, 9.17) is 4.74 Å². The molecule has 0 aliphatic rings. The molecule has 0 radical (unpaired) electrons. The van der Waals surface area contributed by atoms with Gasteiger partial charge in [-0.2, -0.15) is 0 Å². The van der Waals surface area contributed by atoms with Crippen LogP contribution in [-0.4, -0.2) is 22.5 Å². The molecule has 5 heteroatoms. The lowest BCUT2D eigenvalue weighted by Crippen LogP contribution is -2.14. The molecule has 0 fully saturated rings. The fraction of sp³-hybridized carbons (Fsp3) is 0.154. The number of pyridine rings is 2. The first-order valence-electron chi connectivity index (χ1n) is 5.60. The summed E-state index contributed by atoms with van der Waals surface area (Å²) in [6.45, 7) is 2.39. The van der Waals surface area contributed by atoms with E-state index in [1.807, 2.05) is 6.92 Å². The first-order chi connectivity index (χ1) is 8.81. The number of carbonyl (C=O) groups excluding carboxylic acids is 1. The molecule has 0 saturated heterocycles. The average Bonchev–Trinajstić information content (AvgIpc) is 2.42. The van der Waals surface area contributed by atoms with Gasteiger partial charge in [0.15, 0.2) is 11.6 Å². The molecule has 0 spiro atoms. The van der Waals surface area contributed by atoms with Crippen molar-refractivity contribution in [2.75, 3.05) is 11.9 Å². The van der Waals surface area contributed by atoms with Gasteiger partial charge in [0.25, 0.3) is 5.91 Å². The molecule has 1 amide bonds. The van der Waals surface area contributed by atoms with Gasteiger partial charge in [-0.15, -0.1) is 0 Å². The second-order valence-electron chi connectivity index (χ2n) is 3.47. The van der Waals surface area contributed by atoms with Gasteiger partial charge in [-0.3, -0.25) is 9.78 Å². The summed E-state index contributed by atoms with van der Waals surface area (Å²) >= 11 is 0. The van der Waals surface area contributed by atoms with Crippen LogP contribution in [0, 0.1) is 0 Å². The van der Waals surface area contributed by atoms with Crippen molar-refractivity contribution in [2.24, 2.45) is 0 Å². The fourth-order valence-electron chi connectivity index (χ4n) is 1.44. The maximum Gasteiger partial charge on any atom is 0.257 e. The van der Waals surface area contributed by atoms with Crippen LogP contribution in [0.3, 0.4) is 0 Å². The molecule has 0 aliphatic heterocycles. The van der Waals surface area contributed by atoms with Crippen LogP contribution >= 0.6 is 0 Å². The molecule has 0 saturated carbocycles. The van der Waals surface area contributed by atoms with Crippen LogP contribution in [0.15, 0.2) is 42.9 Å². The van der Waals surface area contributed by atoms with E-state index in [2.05, 4.69) is 15.3 Å².